The molecule has 4 nitrogen and oxygen atoms in total. The summed E-state index contributed by atoms with van der Waals surface area (Å²) in [6.07, 6.45) is 7.27. The molecule has 1 aromatic carbocycles. The molecule has 0 atom stereocenters. The van der Waals surface area contributed by atoms with Crippen LogP contribution in [0.25, 0.3) is 31.7 Å². The molecule has 3 aromatic heterocycles. The minimum absolute atomic E-state index is 0.736. The van der Waals surface area contributed by atoms with Crippen LogP contribution in [-0.2, 0) is 0 Å². The van der Waals surface area contributed by atoms with Crippen molar-refractivity contribution in [1.29, 1.82) is 0 Å². The van der Waals surface area contributed by atoms with Crippen LogP contribution in [0.5, 0.6) is 0 Å². The SMILES string of the molecule is Clc1cccc2sc3c(N4CCCCC4)nc(-c4ccncc4)nc3c12. The third kappa shape index (κ3) is 2.63. The van der Waals surface area contributed by atoms with E-state index in [-0.39, 0.29) is 0 Å². The first-order valence-corrected chi connectivity index (χ1v) is 10.0. The number of nitrogens with zero attached hydrogens (tertiary/aromatic N) is 4. The normalized spacial score (nSPS) is 15.0. The summed E-state index contributed by atoms with van der Waals surface area (Å²) in [7, 11) is 0. The van der Waals surface area contributed by atoms with E-state index in [9.17, 15) is 0 Å². The number of aromatic nitrogens is 3. The van der Waals surface area contributed by atoms with E-state index in [2.05, 4.69) is 16.0 Å². The Kier molecular flexibility index (Phi) is 3.98. The van der Waals surface area contributed by atoms with Gasteiger partial charge >= 0.3 is 0 Å². The highest BCUT2D eigenvalue weighted by Crippen LogP contribution is 2.42. The molecule has 0 bridgehead atoms. The van der Waals surface area contributed by atoms with E-state index in [4.69, 9.17) is 21.6 Å². The minimum atomic E-state index is 0.736. The van der Waals surface area contributed by atoms with Gasteiger partial charge in [0, 0.05) is 41.1 Å². The molecule has 6 heteroatoms. The number of piperidine rings is 1. The van der Waals surface area contributed by atoms with Gasteiger partial charge in [-0.3, -0.25) is 4.98 Å². The number of hydrogen-bond donors (Lipinski definition) is 0. The van der Waals surface area contributed by atoms with Crippen LogP contribution < -0.4 is 4.90 Å². The molecule has 1 aliphatic heterocycles. The summed E-state index contributed by atoms with van der Waals surface area (Å²) in [5, 5.41) is 1.78. The van der Waals surface area contributed by atoms with E-state index >= 15 is 0 Å². The number of fused-ring (bicyclic) bond motifs is 3. The molecule has 0 amide bonds. The Morgan fingerprint density at radius 3 is 2.58 bits per heavy atom. The van der Waals surface area contributed by atoms with Gasteiger partial charge in [0.05, 0.1) is 15.2 Å². The molecule has 1 aliphatic rings. The number of thiophene rings is 1. The second-order valence-electron chi connectivity index (χ2n) is 6.55. The Bertz CT molecular complexity index is 1090. The zero-order valence-corrected chi connectivity index (χ0v) is 15.7. The highest BCUT2D eigenvalue weighted by atomic mass is 35.5. The molecule has 26 heavy (non-hydrogen) atoms. The van der Waals surface area contributed by atoms with Crippen molar-refractivity contribution >= 4 is 49.1 Å². The average molecular weight is 381 g/mol. The van der Waals surface area contributed by atoms with Gasteiger partial charge in [-0.15, -0.1) is 11.3 Å². The molecule has 0 spiro atoms. The Hall–Kier alpha value is -2.24. The molecule has 5 rings (SSSR count). The summed E-state index contributed by atoms with van der Waals surface area (Å²) in [5.41, 5.74) is 1.93. The minimum Gasteiger partial charge on any atom is -0.355 e. The van der Waals surface area contributed by atoms with E-state index in [1.165, 1.54) is 19.3 Å². The van der Waals surface area contributed by atoms with Gasteiger partial charge in [0.25, 0.3) is 0 Å². The van der Waals surface area contributed by atoms with Gasteiger partial charge in [-0.1, -0.05) is 17.7 Å². The van der Waals surface area contributed by atoms with Crippen molar-refractivity contribution in [2.75, 3.05) is 18.0 Å². The lowest BCUT2D eigenvalue weighted by atomic mass is 10.1. The van der Waals surface area contributed by atoms with Crippen molar-refractivity contribution in [2.24, 2.45) is 0 Å². The molecule has 1 fully saturated rings. The molecular formula is C20H17ClN4S. The summed E-state index contributed by atoms with van der Waals surface area (Å²) in [6.45, 7) is 2.09. The second kappa shape index (κ2) is 6.49. The van der Waals surface area contributed by atoms with Gasteiger partial charge in [0.1, 0.15) is 0 Å². The summed E-state index contributed by atoms with van der Waals surface area (Å²) >= 11 is 8.27. The number of benzene rings is 1. The molecule has 0 unspecified atom stereocenters. The fourth-order valence-electron chi connectivity index (χ4n) is 3.58. The maximum atomic E-state index is 6.54. The van der Waals surface area contributed by atoms with E-state index in [1.54, 1.807) is 23.7 Å². The lowest BCUT2D eigenvalue weighted by molar-refractivity contribution is 0.575. The van der Waals surface area contributed by atoms with E-state index in [0.717, 1.165) is 55.6 Å². The van der Waals surface area contributed by atoms with Crippen molar-refractivity contribution in [1.82, 2.24) is 15.0 Å². The Labute approximate surface area is 160 Å². The summed E-state index contributed by atoms with van der Waals surface area (Å²) in [4.78, 5) is 16.4. The molecular weight excluding hydrogens is 364 g/mol. The third-order valence-electron chi connectivity index (χ3n) is 4.87. The van der Waals surface area contributed by atoms with Crippen LogP contribution >= 0.6 is 22.9 Å². The van der Waals surface area contributed by atoms with Crippen LogP contribution in [0.4, 0.5) is 5.82 Å². The van der Waals surface area contributed by atoms with Crippen molar-refractivity contribution in [3.63, 3.8) is 0 Å². The first-order valence-electron chi connectivity index (χ1n) is 8.85. The Morgan fingerprint density at radius 2 is 1.77 bits per heavy atom. The number of pyridine rings is 1. The fourth-order valence-corrected chi connectivity index (χ4v) is 5.09. The van der Waals surface area contributed by atoms with E-state index in [0.29, 0.717) is 0 Å². The number of anilines is 1. The van der Waals surface area contributed by atoms with Crippen molar-refractivity contribution in [3.05, 3.63) is 47.7 Å². The molecule has 1 saturated heterocycles. The van der Waals surface area contributed by atoms with Gasteiger partial charge in [0.15, 0.2) is 11.6 Å². The topological polar surface area (TPSA) is 41.9 Å². The standard InChI is InChI=1S/C20H17ClN4S/c21-14-5-4-6-15-16(14)17-18(26-15)20(25-11-2-1-3-12-25)24-19(23-17)13-7-9-22-10-8-13/h4-10H,1-3,11-12H2. The first kappa shape index (κ1) is 16.0. The molecule has 4 aromatic rings. The lowest BCUT2D eigenvalue weighted by Gasteiger charge is -2.28. The van der Waals surface area contributed by atoms with Crippen molar-refractivity contribution in [2.45, 2.75) is 19.3 Å². The quantitative estimate of drug-likeness (QED) is 0.457. The first-order chi connectivity index (χ1) is 12.8. The third-order valence-corrected chi connectivity index (χ3v) is 6.32. The van der Waals surface area contributed by atoms with Crippen LogP contribution in [0, 0.1) is 0 Å². The summed E-state index contributed by atoms with van der Waals surface area (Å²) in [6, 6.07) is 9.96. The smallest absolute Gasteiger partial charge is 0.162 e. The largest absolute Gasteiger partial charge is 0.355 e. The highest BCUT2D eigenvalue weighted by Gasteiger charge is 2.21. The highest BCUT2D eigenvalue weighted by molar-refractivity contribution is 7.26. The summed E-state index contributed by atoms with van der Waals surface area (Å²) in [5.74, 6) is 1.78. The van der Waals surface area contributed by atoms with Crippen molar-refractivity contribution < 1.29 is 0 Å². The van der Waals surface area contributed by atoms with E-state index < -0.39 is 0 Å². The summed E-state index contributed by atoms with van der Waals surface area (Å²) < 4.78 is 2.29. The molecule has 4 heterocycles. The predicted octanol–water partition coefficient (Wildman–Crippen LogP) is 5.55. The van der Waals surface area contributed by atoms with Gasteiger partial charge in [0.2, 0.25) is 0 Å². The maximum absolute atomic E-state index is 6.54. The van der Waals surface area contributed by atoms with Crippen LogP contribution in [-0.4, -0.2) is 28.0 Å². The molecule has 0 radical (unpaired) electrons. The van der Waals surface area contributed by atoms with Gasteiger partial charge in [-0.2, -0.15) is 0 Å². The van der Waals surface area contributed by atoms with E-state index in [1.807, 2.05) is 24.3 Å². The number of hydrogen-bond acceptors (Lipinski definition) is 5. The lowest BCUT2D eigenvalue weighted by Crippen LogP contribution is -2.30. The number of halogens is 1. The predicted molar refractivity (Wildman–Crippen MR) is 109 cm³/mol. The number of rotatable bonds is 2. The van der Waals surface area contributed by atoms with Crippen LogP contribution in [0.2, 0.25) is 5.02 Å². The monoisotopic (exact) mass is 380 g/mol. The van der Waals surface area contributed by atoms with Gasteiger partial charge in [-0.25, -0.2) is 9.97 Å². The zero-order chi connectivity index (χ0) is 17.5. The second-order valence-corrected chi connectivity index (χ2v) is 8.01. The average Bonchev–Trinajstić information content (AvgIpc) is 3.08. The van der Waals surface area contributed by atoms with Crippen LogP contribution in [0.3, 0.4) is 0 Å². The van der Waals surface area contributed by atoms with Crippen molar-refractivity contribution in [3.8, 4) is 11.4 Å². The molecule has 0 N–H and O–H groups in total. The van der Waals surface area contributed by atoms with Crippen LogP contribution in [0.1, 0.15) is 19.3 Å². The Morgan fingerprint density at radius 1 is 0.962 bits per heavy atom. The van der Waals surface area contributed by atoms with Gasteiger partial charge < -0.3 is 4.90 Å². The van der Waals surface area contributed by atoms with Crippen LogP contribution in [0.15, 0.2) is 42.7 Å². The molecule has 0 saturated carbocycles. The maximum Gasteiger partial charge on any atom is 0.162 e. The Balaban J connectivity index is 1.83. The molecule has 130 valence electrons. The zero-order valence-electron chi connectivity index (χ0n) is 14.2. The fraction of sp³-hybridized carbons (Fsp3) is 0.250. The van der Waals surface area contributed by atoms with Gasteiger partial charge in [-0.05, 0) is 43.5 Å². The molecule has 0 aliphatic carbocycles.